The molecule has 0 atom stereocenters. The molecule has 1 N–H and O–H groups in total. The zero-order valence-electron chi connectivity index (χ0n) is 19.4. The lowest BCUT2D eigenvalue weighted by Crippen LogP contribution is -2.28. The Labute approximate surface area is 210 Å². The number of hydrogen-bond acceptors (Lipinski definition) is 5. The van der Waals surface area contributed by atoms with Gasteiger partial charge in [0.1, 0.15) is 11.4 Å². The number of aromatic nitrogens is 1. The predicted octanol–water partition coefficient (Wildman–Crippen LogP) is 4.69. The van der Waals surface area contributed by atoms with Crippen molar-refractivity contribution in [1.29, 1.82) is 0 Å². The molecule has 5 rings (SSSR count). The van der Waals surface area contributed by atoms with Gasteiger partial charge in [0.05, 0.1) is 23.2 Å². The van der Waals surface area contributed by atoms with Gasteiger partial charge in [-0.25, -0.2) is 13.1 Å². The van der Waals surface area contributed by atoms with Crippen molar-refractivity contribution in [3.05, 3.63) is 82.3 Å². The molecule has 2 aromatic carbocycles. The monoisotopic (exact) mass is 514 g/mol. The zero-order valence-corrected chi connectivity index (χ0v) is 20.9. The molecule has 1 heterocycles. The fourth-order valence-corrected chi connectivity index (χ4v) is 5.42. The van der Waals surface area contributed by atoms with Crippen LogP contribution < -0.4 is 14.2 Å². The number of nitrogens with zero attached hydrogens (tertiary/aromatic N) is 1. The zero-order chi connectivity index (χ0) is 24.6. The second-order valence-electron chi connectivity index (χ2n) is 8.98. The van der Waals surface area contributed by atoms with Gasteiger partial charge in [0.2, 0.25) is 10.0 Å². The Morgan fingerprint density at radius 2 is 1.91 bits per heavy atom. The molecular weight excluding hydrogens is 488 g/mol. The van der Waals surface area contributed by atoms with Crippen molar-refractivity contribution < 1.29 is 22.6 Å². The summed E-state index contributed by atoms with van der Waals surface area (Å²) in [5.74, 6) is 0.792. The van der Waals surface area contributed by atoms with E-state index in [1.165, 1.54) is 18.3 Å². The van der Waals surface area contributed by atoms with Crippen LogP contribution in [0.1, 0.15) is 43.7 Å². The van der Waals surface area contributed by atoms with E-state index in [9.17, 15) is 13.6 Å². The maximum absolute atomic E-state index is 12.4. The summed E-state index contributed by atoms with van der Waals surface area (Å²) in [7, 11) is -3.62. The van der Waals surface area contributed by atoms with Crippen LogP contribution in [-0.4, -0.2) is 21.1 Å². The highest BCUT2D eigenvalue weighted by atomic mass is 35.5. The van der Waals surface area contributed by atoms with Crippen LogP contribution in [0.3, 0.4) is 0 Å². The second-order valence-corrected chi connectivity index (χ2v) is 11.2. The van der Waals surface area contributed by atoms with E-state index in [0.29, 0.717) is 10.6 Å². The smallest absolute Gasteiger partial charge is 0.240 e. The average Bonchev–Trinajstić information content (AvgIpc) is 3.76. The van der Waals surface area contributed by atoms with E-state index < -0.39 is 15.6 Å². The first-order chi connectivity index (χ1) is 16.8. The Kier molecular flexibility index (Phi) is 6.48. The van der Waals surface area contributed by atoms with Crippen molar-refractivity contribution in [2.45, 2.75) is 55.8 Å². The van der Waals surface area contributed by atoms with Crippen molar-refractivity contribution in [2.75, 3.05) is 6.54 Å². The molecule has 35 heavy (non-hydrogen) atoms. The van der Waals surface area contributed by atoms with E-state index in [4.69, 9.17) is 21.1 Å². The molecule has 1 aromatic heterocycles. The minimum atomic E-state index is -3.62. The Balaban J connectivity index is 1.45. The van der Waals surface area contributed by atoms with Crippen molar-refractivity contribution in [3.63, 3.8) is 0 Å². The Bertz CT molecular complexity index is 1350. The molecule has 0 unspecified atom stereocenters. The molecule has 0 aliphatic heterocycles. The quantitative estimate of drug-likeness (QED) is 0.313. The maximum atomic E-state index is 12.4. The molecule has 3 aromatic rings. The molecule has 0 bridgehead atoms. The summed E-state index contributed by atoms with van der Waals surface area (Å²) in [5.41, 5.74) is 2.51. The van der Waals surface area contributed by atoms with Gasteiger partial charge >= 0.3 is 0 Å². The summed E-state index contributed by atoms with van der Waals surface area (Å²) in [4.78, 5) is 0.135. The number of halogens is 1. The Morgan fingerprint density at radius 1 is 1.14 bits per heavy atom. The third-order valence-electron chi connectivity index (χ3n) is 6.29. The largest absolute Gasteiger partial charge is 0.619 e. The van der Waals surface area contributed by atoms with Crippen molar-refractivity contribution >= 4 is 21.6 Å². The van der Waals surface area contributed by atoms with Crippen LogP contribution in [0.5, 0.6) is 5.75 Å². The van der Waals surface area contributed by atoms with E-state index >= 15 is 0 Å². The van der Waals surface area contributed by atoms with Crippen LogP contribution in [0.25, 0.3) is 11.1 Å². The number of para-hydroxylation sites is 1. The normalized spacial score (nSPS) is 16.7. The van der Waals surface area contributed by atoms with Crippen LogP contribution in [0, 0.1) is 5.21 Å². The first-order valence-corrected chi connectivity index (χ1v) is 13.6. The Morgan fingerprint density at radius 3 is 2.63 bits per heavy atom. The maximum Gasteiger partial charge on any atom is 0.240 e. The molecule has 9 heteroatoms. The summed E-state index contributed by atoms with van der Waals surface area (Å²) in [6, 6.07) is 14.2. The lowest BCUT2D eigenvalue weighted by atomic mass is 9.96. The van der Waals surface area contributed by atoms with Crippen LogP contribution in [0.4, 0.5) is 0 Å². The van der Waals surface area contributed by atoms with Gasteiger partial charge in [-0.2, -0.15) is 4.73 Å². The fraction of sp³-hybridized carbons (Fsp3) is 0.346. The second kappa shape index (κ2) is 9.43. The lowest BCUT2D eigenvalue weighted by molar-refractivity contribution is -0.606. The molecule has 0 amide bonds. The summed E-state index contributed by atoms with van der Waals surface area (Å²) in [6.07, 6.45) is 6.86. The van der Waals surface area contributed by atoms with Gasteiger partial charge in [-0.15, -0.1) is 0 Å². The molecule has 0 saturated heterocycles. The van der Waals surface area contributed by atoms with Gasteiger partial charge in [0.15, 0.2) is 12.4 Å². The summed E-state index contributed by atoms with van der Waals surface area (Å²) >= 11 is 6.38. The van der Waals surface area contributed by atoms with Gasteiger partial charge in [-0.05, 0) is 55.5 Å². The van der Waals surface area contributed by atoms with Crippen LogP contribution in [0.15, 0.2) is 65.8 Å². The highest BCUT2D eigenvalue weighted by Crippen LogP contribution is 2.53. The number of pyridine rings is 1. The van der Waals surface area contributed by atoms with Gasteiger partial charge in [0, 0.05) is 28.8 Å². The lowest BCUT2D eigenvalue weighted by Gasteiger charge is -2.21. The summed E-state index contributed by atoms with van der Waals surface area (Å²) in [5, 5.41) is 12.7. The van der Waals surface area contributed by atoms with Crippen LogP contribution in [-0.2, 0) is 27.0 Å². The molecule has 0 spiro atoms. The average molecular weight is 515 g/mol. The fourth-order valence-electron chi connectivity index (χ4n) is 4.16. The highest BCUT2D eigenvalue weighted by Gasteiger charge is 2.49. The van der Waals surface area contributed by atoms with Crippen LogP contribution >= 0.6 is 11.6 Å². The van der Waals surface area contributed by atoms with Crippen molar-refractivity contribution in [2.24, 2.45) is 0 Å². The third kappa shape index (κ3) is 5.16. The van der Waals surface area contributed by atoms with Crippen molar-refractivity contribution in [1.82, 2.24) is 4.72 Å². The molecule has 2 aliphatic carbocycles. The van der Waals surface area contributed by atoms with Gasteiger partial charge in [-0.3, -0.25) is 0 Å². The van der Waals surface area contributed by atoms with E-state index in [0.717, 1.165) is 52.9 Å². The Hall–Kier alpha value is -2.65. The molecule has 184 valence electrons. The molecule has 2 aliphatic rings. The minimum absolute atomic E-state index is 0.113. The number of benzene rings is 2. The number of sulfonamides is 1. The van der Waals surface area contributed by atoms with E-state index in [-0.39, 0.29) is 24.2 Å². The summed E-state index contributed by atoms with van der Waals surface area (Å²) in [6.45, 7) is 2.13. The van der Waals surface area contributed by atoms with Gasteiger partial charge < -0.3 is 14.7 Å². The summed E-state index contributed by atoms with van der Waals surface area (Å²) < 4.78 is 40.7. The van der Waals surface area contributed by atoms with Crippen molar-refractivity contribution in [3.8, 4) is 16.9 Å². The molecule has 2 saturated carbocycles. The molecular formula is C26H27ClN2O5S. The minimum Gasteiger partial charge on any atom is -0.619 e. The molecule has 0 radical (unpaired) electrons. The van der Waals surface area contributed by atoms with E-state index in [2.05, 4.69) is 4.72 Å². The number of hydrogen-bond donors (Lipinski definition) is 1. The molecule has 2 fully saturated rings. The third-order valence-corrected chi connectivity index (χ3v) is 8.20. The SMILES string of the molecule is CCNS(=O)(=O)c1ccc(Cl)c(COC2(c3c[n+]([O-])ccc3-c3ccccc3OC3CC3)CC2)c1. The van der Waals surface area contributed by atoms with Gasteiger partial charge in [-0.1, -0.05) is 36.7 Å². The van der Waals surface area contributed by atoms with E-state index in [1.54, 1.807) is 25.3 Å². The number of nitrogens with one attached hydrogen (secondary N) is 1. The molecule has 7 nitrogen and oxygen atoms in total. The topological polar surface area (TPSA) is 91.6 Å². The predicted molar refractivity (Wildman–Crippen MR) is 133 cm³/mol. The van der Waals surface area contributed by atoms with Crippen LogP contribution in [0.2, 0.25) is 5.02 Å². The highest BCUT2D eigenvalue weighted by molar-refractivity contribution is 7.89. The standard InChI is InChI=1S/C26H27ClN2O5S/c1-2-28-35(31,32)20-9-10-24(27)18(15-20)17-33-26(12-13-26)23-16-29(30)14-11-21(23)22-5-3-4-6-25(22)34-19-7-8-19/h3-6,9-11,14-16,19,28H,2,7-8,12-13,17H2,1H3. The van der Waals surface area contributed by atoms with E-state index in [1.807, 2.05) is 24.3 Å². The first-order valence-electron chi connectivity index (χ1n) is 11.7. The number of ether oxygens (including phenoxy) is 2. The number of rotatable bonds is 10. The first kappa shape index (κ1) is 24.1. The van der Waals surface area contributed by atoms with Gasteiger partial charge in [0.25, 0.3) is 0 Å².